The van der Waals surface area contributed by atoms with Crippen LogP contribution in [0, 0.1) is 6.92 Å². The average Bonchev–Trinajstić information content (AvgIpc) is 2.09. The van der Waals surface area contributed by atoms with E-state index in [-0.39, 0.29) is 0 Å². The van der Waals surface area contributed by atoms with Crippen LogP contribution in [-0.2, 0) is 0 Å². The fourth-order valence-corrected chi connectivity index (χ4v) is 2.48. The van der Waals surface area contributed by atoms with Crippen LogP contribution in [0.15, 0.2) is 21.8 Å². The molecule has 1 aromatic heterocycles. The van der Waals surface area contributed by atoms with Crippen LogP contribution < -0.4 is 0 Å². The van der Waals surface area contributed by atoms with E-state index in [0.717, 1.165) is 9.50 Å². The molecule has 1 heterocycles. The Morgan fingerprint density at radius 1 is 1.54 bits per heavy atom. The molecule has 0 saturated heterocycles. The standard InChI is InChI=1S/C10H14BrNS/c1-3-4-5-13-10-8(2)6-9(11)7-12-10/h6-7H,3-5H2,1-2H3. The lowest BCUT2D eigenvalue weighted by molar-refractivity contribution is 0.893. The highest BCUT2D eigenvalue weighted by Crippen LogP contribution is 2.23. The molecule has 1 nitrogen and oxygen atoms in total. The van der Waals surface area contributed by atoms with Gasteiger partial charge in [-0.05, 0) is 46.7 Å². The van der Waals surface area contributed by atoms with Gasteiger partial charge >= 0.3 is 0 Å². The van der Waals surface area contributed by atoms with Gasteiger partial charge in [0.05, 0.1) is 5.03 Å². The predicted molar refractivity (Wildman–Crippen MR) is 62.3 cm³/mol. The topological polar surface area (TPSA) is 12.9 Å². The van der Waals surface area contributed by atoms with Crippen LogP contribution in [0.2, 0.25) is 0 Å². The molecule has 13 heavy (non-hydrogen) atoms. The third-order valence-electron chi connectivity index (χ3n) is 1.73. The van der Waals surface area contributed by atoms with Crippen molar-refractivity contribution >= 4 is 27.7 Å². The lowest BCUT2D eigenvalue weighted by Crippen LogP contribution is -1.87. The first-order valence-corrected chi connectivity index (χ1v) is 6.27. The van der Waals surface area contributed by atoms with Gasteiger partial charge < -0.3 is 0 Å². The molecule has 0 fully saturated rings. The maximum absolute atomic E-state index is 4.37. The highest BCUT2D eigenvalue weighted by Gasteiger charge is 2.00. The fraction of sp³-hybridized carbons (Fsp3) is 0.500. The van der Waals surface area contributed by atoms with Gasteiger partial charge in [0.15, 0.2) is 0 Å². The van der Waals surface area contributed by atoms with Gasteiger partial charge in [-0.3, -0.25) is 0 Å². The summed E-state index contributed by atoms with van der Waals surface area (Å²) in [6.07, 6.45) is 4.38. The van der Waals surface area contributed by atoms with Gasteiger partial charge in [0.25, 0.3) is 0 Å². The number of thioether (sulfide) groups is 1. The zero-order chi connectivity index (χ0) is 9.68. The van der Waals surface area contributed by atoms with E-state index in [1.807, 2.05) is 18.0 Å². The van der Waals surface area contributed by atoms with Crippen molar-refractivity contribution in [3.8, 4) is 0 Å². The van der Waals surface area contributed by atoms with Crippen molar-refractivity contribution in [2.75, 3.05) is 5.75 Å². The molecule has 0 saturated carbocycles. The first-order chi connectivity index (χ1) is 6.24. The summed E-state index contributed by atoms with van der Waals surface area (Å²) >= 11 is 5.25. The van der Waals surface area contributed by atoms with Gasteiger partial charge in [-0.25, -0.2) is 4.98 Å². The second-order valence-corrected chi connectivity index (χ2v) is 4.98. The van der Waals surface area contributed by atoms with Crippen molar-refractivity contribution in [1.82, 2.24) is 4.98 Å². The molecule has 0 spiro atoms. The predicted octanol–water partition coefficient (Wildman–Crippen LogP) is 4.04. The number of pyridine rings is 1. The molecule has 0 radical (unpaired) electrons. The van der Waals surface area contributed by atoms with Crippen LogP contribution in [0.1, 0.15) is 25.3 Å². The number of hydrogen-bond acceptors (Lipinski definition) is 2. The molecule has 0 amide bonds. The van der Waals surface area contributed by atoms with Crippen LogP contribution in [0.25, 0.3) is 0 Å². The summed E-state index contributed by atoms with van der Waals surface area (Å²) in [5.74, 6) is 1.17. The minimum Gasteiger partial charge on any atom is -0.248 e. The van der Waals surface area contributed by atoms with Crippen molar-refractivity contribution in [2.45, 2.75) is 31.7 Å². The van der Waals surface area contributed by atoms with Crippen molar-refractivity contribution < 1.29 is 0 Å². The van der Waals surface area contributed by atoms with Gasteiger partial charge in [-0.1, -0.05) is 13.3 Å². The highest BCUT2D eigenvalue weighted by molar-refractivity contribution is 9.10. The number of unbranched alkanes of at least 4 members (excludes halogenated alkanes) is 1. The van der Waals surface area contributed by atoms with E-state index in [1.54, 1.807) is 0 Å². The normalized spacial score (nSPS) is 10.4. The molecule has 3 heteroatoms. The van der Waals surface area contributed by atoms with Gasteiger partial charge in [-0.2, -0.15) is 0 Å². The molecular weight excluding hydrogens is 246 g/mol. The lowest BCUT2D eigenvalue weighted by atomic mass is 10.3. The van der Waals surface area contributed by atoms with Gasteiger partial charge in [-0.15, -0.1) is 11.8 Å². The zero-order valence-corrected chi connectivity index (χ0v) is 10.4. The van der Waals surface area contributed by atoms with E-state index >= 15 is 0 Å². The molecule has 0 bridgehead atoms. The second kappa shape index (κ2) is 5.66. The Labute approximate surface area is 92.5 Å². The number of aryl methyl sites for hydroxylation is 1. The largest absolute Gasteiger partial charge is 0.248 e. The zero-order valence-electron chi connectivity index (χ0n) is 8.01. The van der Waals surface area contributed by atoms with Crippen molar-refractivity contribution in [2.24, 2.45) is 0 Å². The third-order valence-corrected chi connectivity index (χ3v) is 3.36. The molecule has 0 atom stereocenters. The molecule has 1 aromatic rings. The number of rotatable bonds is 4. The molecule has 0 aliphatic rings. The maximum Gasteiger partial charge on any atom is 0.0989 e. The molecular formula is C10H14BrNS. The van der Waals surface area contributed by atoms with Gasteiger partial charge in [0.2, 0.25) is 0 Å². The Morgan fingerprint density at radius 3 is 2.92 bits per heavy atom. The summed E-state index contributed by atoms with van der Waals surface area (Å²) in [5, 5.41) is 1.16. The van der Waals surface area contributed by atoms with Crippen LogP contribution in [0.3, 0.4) is 0 Å². The summed E-state index contributed by atoms with van der Waals surface area (Å²) in [6.45, 7) is 4.31. The first kappa shape index (κ1) is 11.1. The minimum atomic E-state index is 1.06. The number of hydrogen-bond donors (Lipinski definition) is 0. The van der Waals surface area contributed by atoms with Crippen LogP contribution in [0.4, 0.5) is 0 Å². The minimum absolute atomic E-state index is 1.06. The molecule has 1 rings (SSSR count). The Bertz CT molecular complexity index is 276. The van der Waals surface area contributed by atoms with Crippen LogP contribution in [0.5, 0.6) is 0 Å². The Balaban J connectivity index is 2.56. The molecule has 72 valence electrons. The van der Waals surface area contributed by atoms with Crippen molar-refractivity contribution in [1.29, 1.82) is 0 Å². The highest BCUT2D eigenvalue weighted by atomic mass is 79.9. The van der Waals surface area contributed by atoms with Crippen LogP contribution >= 0.6 is 27.7 Å². The van der Waals surface area contributed by atoms with E-state index in [4.69, 9.17) is 0 Å². The molecule has 0 aliphatic heterocycles. The number of halogens is 1. The molecule has 0 aliphatic carbocycles. The molecule has 0 N–H and O–H groups in total. The summed E-state index contributed by atoms with van der Waals surface area (Å²) in [4.78, 5) is 4.37. The summed E-state index contributed by atoms with van der Waals surface area (Å²) in [5.41, 5.74) is 1.26. The van der Waals surface area contributed by atoms with Gasteiger partial charge in [0, 0.05) is 10.7 Å². The van der Waals surface area contributed by atoms with Crippen molar-refractivity contribution in [3.05, 3.63) is 22.3 Å². The smallest absolute Gasteiger partial charge is 0.0989 e. The summed E-state index contributed by atoms with van der Waals surface area (Å²) < 4.78 is 1.06. The van der Waals surface area contributed by atoms with Crippen LogP contribution in [-0.4, -0.2) is 10.7 Å². The Hall–Kier alpha value is -0.0200. The second-order valence-electron chi connectivity index (χ2n) is 2.98. The fourth-order valence-electron chi connectivity index (χ4n) is 0.992. The quantitative estimate of drug-likeness (QED) is 0.598. The Kier molecular flexibility index (Phi) is 4.81. The third kappa shape index (κ3) is 3.69. The summed E-state index contributed by atoms with van der Waals surface area (Å²) in [6, 6.07) is 2.11. The monoisotopic (exact) mass is 259 g/mol. The van der Waals surface area contributed by atoms with E-state index < -0.39 is 0 Å². The maximum atomic E-state index is 4.37. The SMILES string of the molecule is CCCCSc1ncc(Br)cc1C. The lowest BCUT2D eigenvalue weighted by Gasteiger charge is -2.03. The summed E-state index contributed by atoms with van der Waals surface area (Å²) in [7, 11) is 0. The van der Waals surface area contributed by atoms with E-state index in [1.165, 1.54) is 24.2 Å². The Morgan fingerprint density at radius 2 is 2.31 bits per heavy atom. The average molecular weight is 260 g/mol. The number of nitrogens with zero attached hydrogens (tertiary/aromatic N) is 1. The molecule has 0 unspecified atom stereocenters. The van der Waals surface area contributed by atoms with Gasteiger partial charge in [0.1, 0.15) is 0 Å². The van der Waals surface area contributed by atoms with E-state index in [9.17, 15) is 0 Å². The first-order valence-electron chi connectivity index (χ1n) is 4.49. The number of aromatic nitrogens is 1. The molecule has 0 aromatic carbocycles. The van der Waals surface area contributed by atoms with E-state index in [0.29, 0.717) is 0 Å². The van der Waals surface area contributed by atoms with E-state index in [2.05, 4.69) is 40.8 Å². The van der Waals surface area contributed by atoms with Crippen molar-refractivity contribution in [3.63, 3.8) is 0 Å².